The Kier molecular flexibility index (Phi) is 30.2. The standard InChI is InChI=1S/C72H92N8O24S/c1-46(2)66(77-65(82)19-21-94-23-25-96-27-29-98-31-33-100-35-37-101-36-34-99-32-30-97-28-26-95-24-22-93-20-18-64(73)81)68(84)74-47(3)67(83)75-51-16-14-48(15-17-51)45-102-72(87)78-44-52-38-49-10-6-8-12-56(49)79(52)71(86)54-41-61(92-5)63(43-58(54)78)104-103-62-42-55-53(40-60(62)91-4)70(85)80-57-13-9-7-11-50(57)39-59(80)69(76-55)105(88,89)90/h6-17,40-43,46-47,52,59,66,69,76H,18-39,44-45H2,1-5H3,(H2,73,81)(H,74,84)(H,75,83)(H,77,82)(H,88,89,90)/t47-,52-,59-,66-,69?/m0/s1. The van der Waals surface area contributed by atoms with Crippen LogP contribution in [0.25, 0.3) is 0 Å². The molecule has 105 heavy (non-hydrogen) atoms. The number of fused-ring (bicyclic) bond motifs is 8. The summed E-state index contributed by atoms with van der Waals surface area (Å²) in [5, 5.41) is 9.40. The molecule has 0 saturated carbocycles. The second-order valence-corrected chi connectivity index (χ2v) is 26.4. The van der Waals surface area contributed by atoms with E-state index in [-0.39, 0.29) is 110 Å². The fraction of sp³-hybridized carbons (Fsp3) is 0.486. The molecule has 4 aliphatic heterocycles. The Labute approximate surface area is 608 Å². The predicted molar refractivity (Wildman–Crippen MR) is 380 cm³/mol. The van der Waals surface area contributed by atoms with Crippen LogP contribution < -0.4 is 60.9 Å². The molecule has 0 aliphatic carbocycles. The molecule has 5 aromatic carbocycles. The number of hydrogen-bond donors (Lipinski definition) is 6. The van der Waals surface area contributed by atoms with Gasteiger partial charge in [0.15, 0.2) is 16.9 Å². The predicted octanol–water partition coefficient (Wildman–Crippen LogP) is 5.01. The number of carbonyl (C=O) groups is 7. The summed E-state index contributed by atoms with van der Waals surface area (Å²) in [7, 11) is -2.15. The summed E-state index contributed by atoms with van der Waals surface area (Å²) in [5.74, 6) is -3.51. The quantitative estimate of drug-likeness (QED) is 0.0129. The Morgan fingerprint density at radius 3 is 1.55 bits per heavy atom. The van der Waals surface area contributed by atoms with E-state index in [0.717, 1.165) is 11.1 Å². The number of nitrogens with two attached hydrogens (primary N) is 1. The molecular weight excluding hydrogens is 1390 g/mol. The third-order valence-corrected chi connectivity index (χ3v) is 18.3. The molecular formula is C72H92N8O24S. The number of ether oxygens (including phenoxy) is 12. The lowest BCUT2D eigenvalue weighted by atomic mass is 10.0. The first-order valence-electron chi connectivity index (χ1n) is 34.5. The molecule has 4 heterocycles. The SMILES string of the molecule is COc1cc2c(cc1OOc1cc3c(cc1OC)C(=O)N1c4ccccc4C[C@H]1CN3C(=O)OCc1ccc(NC(=O)[C@H](C)NC(=O)[C@@H](NC(=O)CCOCCOCCOCCOCCOCCOCCOCCOCCOCCC(N)=O)C(C)C)cc1)NC(S(=O)(=O)O)[C@@H]1Cc3ccccc3N1C2=O. The molecule has 0 radical (unpaired) electrons. The molecule has 0 spiro atoms. The van der Waals surface area contributed by atoms with Gasteiger partial charge in [-0.05, 0) is 78.8 Å². The molecule has 7 N–H and O–H groups in total. The van der Waals surface area contributed by atoms with E-state index in [9.17, 15) is 46.5 Å². The van der Waals surface area contributed by atoms with E-state index in [4.69, 9.17) is 72.4 Å². The largest absolute Gasteiger partial charge is 0.493 e. The van der Waals surface area contributed by atoms with Gasteiger partial charge in [0.05, 0.1) is 174 Å². The first-order valence-corrected chi connectivity index (χ1v) is 36.0. The molecule has 570 valence electrons. The van der Waals surface area contributed by atoms with Crippen LogP contribution >= 0.6 is 0 Å². The third kappa shape index (κ3) is 22.4. The molecule has 7 amide bonds. The third-order valence-electron chi connectivity index (χ3n) is 17.2. The summed E-state index contributed by atoms with van der Waals surface area (Å²) in [6, 6.07) is 22.8. The molecule has 0 saturated heterocycles. The summed E-state index contributed by atoms with van der Waals surface area (Å²) in [5.41, 5.74) is 8.86. The monoisotopic (exact) mass is 1480 g/mol. The van der Waals surface area contributed by atoms with Crippen molar-refractivity contribution in [1.82, 2.24) is 10.6 Å². The second kappa shape index (κ2) is 39.7. The number of para-hydroxylation sites is 2. The normalized spacial score (nSPS) is 16.3. The van der Waals surface area contributed by atoms with Gasteiger partial charge < -0.3 is 93.6 Å². The molecule has 0 aromatic heterocycles. The lowest BCUT2D eigenvalue weighted by molar-refractivity contribution is -0.132. The minimum absolute atomic E-state index is 0.00299. The Hall–Kier alpha value is -9.26. The van der Waals surface area contributed by atoms with Gasteiger partial charge in [0.1, 0.15) is 18.7 Å². The van der Waals surface area contributed by atoms with Crippen LogP contribution in [0.3, 0.4) is 0 Å². The summed E-state index contributed by atoms with van der Waals surface area (Å²) >= 11 is 0. The van der Waals surface area contributed by atoms with Gasteiger partial charge in [-0.15, -0.1) is 0 Å². The van der Waals surface area contributed by atoms with Crippen LogP contribution in [0.1, 0.15) is 71.0 Å². The van der Waals surface area contributed by atoms with Crippen LogP contribution in [0.15, 0.2) is 97.1 Å². The smallest absolute Gasteiger partial charge is 0.414 e. The van der Waals surface area contributed by atoms with Gasteiger partial charge in [-0.2, -0.15) is 8.42 Å². The van der Waals surface area contributed by atoms with Crippen molar-refractivity contribution in [2.75, 3.05) is 165 Å². The van der Waals surface area contributed by atoms with E-state index in [1.165, 1.54) is 55.2 Å². The number of nitrogens with one attached hydrogen (secondary N) is 4. The highest BCUT2D eigenvalue weighted by atomic mass is 32.2. The zero-order valence-electron chi connectivity index (χ0n) is 59.3. The zero-order chi connectivity index (χ0) is 74.8. The van der Waals surface area contributed by atoms with Crippen molar-refractivity contribution in [1.29, 1.82) is 0 Å². The average Bonchev–Trinajstić information content (AvgIpc) is 1.60. The van der Waals surface area contributed by atoms with Crippen molar-refractivity contribution in [3.05, 3.63) is 125 Å². The highest BCUT2D eigenvalue weighted by Crippen LogP contribution is 2.46. The van der Waals surface area contributed by atoms with E-state index < -0.39 is 81.2 Å². The maximum absolute atomic E-state index is 14.8. The van der Waals surface area contributed by atoms with Crippen molar-refractivity contribution in [3.63, 3.8) is 0 Å². The van der Waals surface area contributed by atoms with Gasteiger partial charge in [0.2, 0.25) is 35.1 Å². The Balaban J connectivity index is 0.682. The molecule has 1 unspecified atom stereocenters. The fourth-order valence-electron chi connectivity index (χ4n) is 11.9. The van der Waals surface area contributed by atoms with Crippen LogP contribution in [0.4, 0.5) is 33.2 Å². The number of methoxy groups -OCH3 is 2. The number of anilines is 5. The molecule has 4 aliphatic rings. The molecule has 33 heteroatoms. The highest BCUT2D eigenvalue weighted by Gasteiger charge is 2.48. The van der Waals surface area contributed by atoms with Crippen molar-refractivity contribution in [2.24, 2.45) is 11.7 Å². The molecule has 5 aromatic rings. The van der Waals surface area contributed by atoms with Crippen LogP contribution in [0.5, 0.6) is 23.0 Å². The Bertz CT molecular complexity index is 3890. The summed E-state index contributed by atoms with van der Waals surface area (Å²) in [6.45, 7) is 11.3. The van der Waals surface area contributed by atoms with Crippen molar-refractivity contribution < 1.29 is 113 Å². The number of amides is 7. The number of nitrogens with zero attached hydrogens (tertiary/aromatic N) is 3. The van der Waals surface area contributed by atoms with Crippen LogP contribution in [0, 0.1) is 5.92 Å². The van der Waals surface area contributed by atoms with Crippen LogP contribution in [0.2, 0.25) is 0 Å². The highest BCUT2D eigenvalue weighted by molar-refractivity contribution is 7.86. The number of carbonyl (C=O) groups excluding carboxylic acids is 7. The van der Waals surface area contributed by atoms with E-state index in [0.29, 0.717) is 122 Å². The summed E-state index contributed by atoms with van der Waals surface area (Å²) in [6.07, 6.45) is -0.114. The molecule has 0 fully saturated rings. The number of rotatable bonds is 44. The summed E-state index contributed by atoms with van der Waals surface area (Å²) < 4.78 is 103. The second-order valence-electron chi connectivity index (χ2n) is 24.9. The van der Waals surface area contributed by atoms with Gasteiger partial charge >= 0.3 is 6.09 Å². The maximum Gasteiger partial charge on any atom is 0.414 e. The van der Waals surface area contributed by atoms with E-state index in [2.05, 4.69) is 21.3 Å². The van der Waals surface area contributed by atoms with E-state index in [1.54, 1.807) is 67.3 Å². The minimum atomic E-state index is -4.82. The molecule has 9 rings (SSSR count). The zero-order valence-corrected chi connectivity index (χ0v) is 60.2. The van der Waals surface area contributed by atoms with Crippen molar-refractivity contribution in [3.8, 4) is 23.0 Å². The first-order chi connectivity index (χ1) is 50.7. The van der Waals surface area contributed by atoms with Crippen molar-refractivity contribution in [2.45, 2.75) is 82.6 Å². The Morgan fingerprint density at radius 1 is 0.562 bits per heavy atom. The number of benzene rings is 5. The average molecular weight is 1490 g/mol. The Morgan fingerprint density at radius 2 is 1.04 bits per heavy atom. The van der Waals surface area contributed by atoms with E-state index in [1.807, 2.05) is 24.3 Å². The van der Waals surface area contributed by atoms with Gasteiger partial charge in [-0.1, -0.05) is 62.4 Å². The van der Waals surface area contributed by atoms with Gasteiger partial charge in [-0.3, -0.25) is 48.0 Å². The van der Waals surface area contributed by atoms with Gasteiger partial charge in [0.25, 0.3) is 21.9 Å². The number of hydrogen-bond acceptors (Lipinski definition) is 24. The molecule has 5 atom stereocenters. The molecule has 0 bridgehead atoms. The lowest BCUT2D eigenvalue weighted by Gasteiger charge is -2.27. The van der Waals surface area contributed by atoms with Gasteiger partial charge in [0, 0.05) is 42.0 Å². The fourth-order valence-corrected chi connectivity index (χ4v) is 12.8. The lowest BCUT2D eigenvalue weighted by Crippen LogP contribution is -2.53. The van der Waals surface area contributed by atoms with Gasteiger partial charge in [-0.25, -0.2) is 4.79 Å². The minimum Gasteiger partial charge on any atom is -0.493 e. The van der Waals surface area contributed by atoms with Crippen LogP contribution in [-0.4, -0.2) is 224 Å². The van der Waals surface area contributed by atoms with Crippen molar-refractivity contribution >= 4 is 80.1 Å². The topological polar surface area (TPSA) is 387 Å². The van der Waals surface area contributed by atoms with Crippen LogP contribution in [-0.2, 0) is 96.1 Å². The number of primary amides is 1. The molecule has 32 nitrogen and oxygen atoms in total. The first kappa shape index (κ1) is 79.8. The van der Waals surface area contributed by atoms with E-state index >= 15 is 0 Å². The summed E-state index contributed by atoms with van der Waals surface area (Å²) in [4.78, 5) is 110. The maximum atomic E-state index is 14.8.